The number of nitrogens with zero attached hydrogens (tertiary/aromatic N) is 2. The number of benzene rings is 2. The van der Waals surface area contributed by atoms with Crippen LogP contribution in [-0.4, -0.2) is 30.8 Å². The molecule has 3 aromatic rings. The third kappa shape index (κ3) is 8.18. The molecule has 0 aliphatic heterocycles. The lowest BCUT2D eigenvalue weighted by molar-refractivity contribution is 0.0955. The van der Waals surface area contributed by atoms with Crippen LogP contribution in [0, 0.1) is 6.92 Å². The first-order chi connectivity index (χ1) is 17.0. The molecule has 0 saturated heterocycles. The van der Waals surface area contributed by atoms with Crippen molar-refractivity contribution in [3.8, 4) is 22.8 Å². The van der Waals surface area contributed by atoms with Crippen LogP contribution in [0.2, 0.25) is 0 Å². The number of nitrogens with one attached hydrogen (secondary N) is 1. The molecule has 35 heavy (non-hydrogen) atoms. The predicted octanol–water partition coefficient (Wildman–Crippen LogP) is 7.39. The normalized spacial score (nSPS) is 11.1. The highest BCUT2D eigenvalue weighted by Crippen LogP contribution is 2.36. The number of ether oxygens (including phenoxy) is 2. The van der Waals surface area contributed by atoms with Gasteiger partial charge < -0.3 is 9.47 Å². The van der Waals surface area contributed by atoms with Gasteiger partial charge in [-0.25, -0.2) is 10.4 Å². The van der Waals surface area contributed by atoms with E-state index in [1.165, 1.54) is 25.7 Å². The zero-order chi connectivity index (χ0) is 25.0. The summed E-state index contributed by atoms with van der Waals surface area (Å²) in [5.74, 6) is 1.01. The molecular formula is C27H32BrN3O3S. The number of unbranched alkanes of at least 4 members (excludes halogenated alkanes) is 5. The maximum Gasteiger partial charge on any atom is 0.271 e. The molecule has 0 aliphatic rings. The molecule has 0 bridgehead atoms. The summed E-state index contributed by atoms with van der Waals surface area (Å²) in [5.41, 5.74) is 5.76. The largest absolute Gasteiger partial charge is 0.493 e. The number of rotatable bonds is 13. The van der Waals surface area contributed by atoms with E-state index >= 15 is 0 Å². The second kappa shape index (κ2) is 14.0. The zero-order valence-corrected chi connectivity index (χ0v) is 22.9. The lowest BCUT2D eigenvalue weighted by Crippen LogP contribution is -2.17. The minimum absolute atomic E-state index is 0.285. The number of hydrazone groups is 1. The topological polar surface area (TPSA) is 72.8 Å². The van der Waals surface area contributed by atoms with Crippen molar-refractivity contribution in [2.45, 2.75) is 52.4 Å². The first kappa shape index (κ1) is 26.9. The van der Waals surface area contributed by atoms with E-state index in [9.17, 15) is 4.79 Å². The van der Waals surface area contributed by atoms with Crippen LogP contribution in [0.4, 0.5) is 0 Å². The Bertz CT molecular complexity index is 1130. The van der Waals surface area contributed by atoms with Crippen molar-refractivity contribution in [1.29, 1.82) is 0 Å². The monoisotopic (exact) mass is 557 g/mol. The molecule has 8 heteroatoms. The lowest BCUT2D eigenvalue weighted by atomic mass is 10.1. The second-order valence-electron chi connectivity index (χ2n) is 8.18. The Morgan fingerprint density at radius 1 is 1.14 bits per heavy atom. The fourth-order valence-electron chi connectivity index (χ4n) is 3.53. The van der Waals surface area contributed by atoms with E-state index in [0.717, 1.165) is 39.1 Å². The Balaban J connectivity index is 1.54. The van der Waals surface area contributed by atoms with Crippen LogP contribution in [0.25, 0.3) is 11.3 Å². The number of aromatic nitrogens is 1. The average molecular weight is 559 g/mol. The van der Waals surface area contributed by atoms with Crippen LogP contribution in [0.3, 0.4) is 0 Å². The Morgan fingerprint density at radius 2 is 1.89 bits per heavy atom. The molecule has 2 aromatic carbocycles. The Morgan fingerprint density at radius 3 is 2.57 bits per heavy atom. The summed E-state index contributed by atoms with van der Waals surface area (Å²) in [6.45, 7) is 4.84. The number of halogens is 1. The summed E-state index contributed by atoms with van der Waals surface area (Å²) < 4.78 is 12.3. The van der Waals surface area contributed by atoms with Gasteiger partial charge in [-0.3, -0.25) is 4.79 Å². The van der Waals surface area contributed by atoms with Crippen molar-refractivity contribution < 1.29 is 14.3 Å². The van der Waals surface area contributed by atoms with E-state index in [1.807, 2.05) is 36.6 Å². The number of amides is 1. The van der Waals surface area contributed by atoms with Gasteiger partial charge in [-0.1, -0.05) is 51.2 Å². The first-order valence-electron chi connectivity index (χ1n) is 11.9. The molecule has 6 nitrogen and oxygen atoms in total. The van der Waals surface area contributed by atoms with Crippen LogP contribution in [0.15, 0.2) is 51.4 Å². The zero-order valence-electron chi connectivity index (χ0n) is 20.5. The van der Waals surface area contributed by atoms with E-state index in [-0.39, 0.29) is 5.91 Å². The number of hydrogen-bond acceptors (Lipinski definition) is 6. The van der Waals surface area contributed by atoms with Crippen molar-refractivity contribution in [3.05, 3.63) is 62.4 Å². The number of aryl methyl sites for hydroxylation is 1. The number of thiazole rings is 1. The third-order valence-electron chi connectivity index (χ3n) is 5.44. The van der Waals surface area contributed by atoms with Crippen molar-refractivity contribution in [3.63, 3.8) is 0 Å². The molecule has 0 radical (unpaired) electrons. The first-order valence-corrected chi connectivity index (χ1v) is 13.6. The lowest BCUT2D eigenvalue weighted by Gasteiger charge is -2.13. The van der Waals surface area contributed by atoms with Crippen molar-refractivity contribution in [2.75, 3.05) is 13.7 Å². The Kier molecular flexibility index (Phi) is 10.8. The maximum absolute atomic E-state index is 12.5. The molecular weight excluding hydrogens is 526 g/mol. The molecule has 0 fully saturated rings. The maximum atomic E-state index is 12.5. The smallest absolute Gasteiger partial charge is 0.271 e. The van der Waals surface area contributed by atoms with Gasteiger partial charge in [0.2, 0.25) is 0 Å². The van der Waals surface area contributed by atoms with E-state index in [2.05, 4.69) is 38.4 Å². The van der Waals surface area contributed by atoms with Gasteiger partial charge in [-0.15, -0.1) is 11.3 Å². The molecule has 1 aromatic heterocycles. The summed E-state index contributed by atoms with van der Waals surface area (Å²) in [5, 5.41) is 7.12. The summed E-state index contributed by atoms with van der Waals surface area (Å²) >= 11 is 5.17. The summed E-state index contributed by atoms with van der Waals surface area (Å²) in [6.07, 6.45) is 8.83. The van der Waals surface area contributed by atoms with Crippen molar-refractivity contribution in [2.24, 2.45) is 5.10 Å². The Labute approximate surface area is 219 Å². The van der Waals surface area contributed by atoms with E-state index < -0.39 is 0 Å². The van der Waals surface area contributed by atoms with Gasteiger partial charge in [0, 0.05) is 16.5 Å². The van der Waals surface area contributed by atoms with Crippen LogP contribution in [0.5, 0.6) is 11.5 Å². The molecule has 1 amide bonds. The molecule has 186 valence electrons. The summed E-state index contributed by atoms with van der Waals surface area (Å²) in [6, 6.07) is 11.0. The van der Waals surface area contributed by atoms with Gasteiger partial charge in [0.1, 0.15) is 0 Å². The number of hydrogen-bond donors (Lipinski definition) is 1. The predicted molar refractivity (Wildman–Crippen MR) is 147 cm³/mol. The van der Waals surface area contributed by atoms with Gasteiger partial charge in [0.25, 0.3) is 5.91 Å². The van der Waals surface area contributed by atoms with Gasteiger partial charge >= 0.3 is 0 Å². The molecule has 1 N–H and O–H groups in total. The number of carbonyl (C=O) groups is 1. The van der Waals surface area contributed by atoms with Gasteiger partial charge in [0.15, 0.2) is 11.5 Å². The van der Waals surface area contributed by atoms with E-state index in [1.54, 1.807) is 36.8 Å². The van der Waals surface area contributed by atoms with Gasteiger partial charge in [0.05, 0.1) is 35.1 Å². The number of methoxy groups -OCH3 is 1. The van der Waals surface area contributed by atoms with E-state index in [4.69, 9.17) is 9.47 Å². The van der Waals surface area contributed by atoms with Crippen LogP contribution in [-0.2, 0) is 0 Å². The van der Waals surface area contributed by atoms with Crippen molar-refractivity contribution in [1.82, 2.24) is 10.4 Å². The molecule has 1 heterocycles. The second-order valence-corrected chi connectivity index (χ2v) is 10.1. The van der Waals surface area contributed by atoms with E-state index in [0.29, 0.717) is 23.7 Å². The van der Waals surface area contributed by atoms with Crippen LogP contribution >= 0.6 is 27.3 Å². The fourth-order valence-corrected chi connectivity index (χ4v) is 4.73. The quantitative estimate of drug-likeness (QED) is 0.135. The highest BCUT2D eigenvalue weighted by Gasteiger charge is 2.12. The third-order valence-corrected chi connectivity index (χ3v) is 6.80. The highest BCUT2D eigenvalue weighted by molar-refractivity contribution is 9.10. The number of carbonyl (C=O) groups excluding carboxylic acids is 1. The van der Waals surface area contributed by atoms with Crippen LogP contribution in [0.1, 0.15) is 66.4 Å². The Hall–Kier alpha value is -2.71. The summed E-state index contributed by atoms with van der Waals surface area (Å²) in [7, 11) is 1.61. The highest BCUT2D eigenvalue weighted by atomic mass is 79.9. The fraction of sp³-hybridized carbons (Fsp3) is 0.370. The SMILES string of the molecule is CCCCCCCCOc1c(Br)cc(/C=N/NC(=O)c2ccc(-c3csc(C)n3)cc2)cc1OC. The average Bonchev–Trinajstić information content (AvgIpc) is 3.30. The van der Waals surface area contributed by atoms with Crippen molar-refractivity contribution >= 4 is 39.4 Å². The van der Waals surface area contributed by atoms with Crippen LogP contribution < -0.4 is 14.9 Å². The minimum Gasteiger partial charge on any atom is -0.493 e. The summed E-state index contributed by atoms with van der Waals surface area (Å²) in [4.78, 5) is 16.9. The van der Waals surface area contributed by atoms with Gasteiger partial charge in [-0.2, -0.15) is 5.10 Å². The molecule has 0 spiro atoms. The molecule has 0 atom stereocenters. The molecule has 0 aliphatic carbocycles. The molecule has 3 rings (SSSR count). The minimum atomic E-state index is -0.285. The van der Waals surface area contributed by atoms with Gasteiger partial charge in [-0.05, 0) is 59.1 Å². The standard InChI is InChI=1S/C27H32BrN3O3S/c1-4-5-6-7-8-9-14-34-26-23(28)15-20(16-25(26)33-3)17-29-31-27(32)22-12-10-21(11-13-22)24-18-35-19(2)30-24/h10-13,15-18H,4-9,14H2,1-3H3,(H,31,32)/b29-17+. The molecule has 0 unspecified atom stereocenters. The molecule has 0 saturated carbocycles.